The smallest absolute Gasteiger partial charge is 0.322 e. The van der Waals surface area contributed by atoms with Gasteiger partial charge in [0.25, 0.3) is 5.91 Å². The summed E-state index contributed by atoms with van der Waals surface area (Å²) in [4.78, 5) is 30.6. The molecule has 5 N–H and O–H groups in total. The van der Waals surface area contributed by atoms with Crippen molar-refractivity contribution in [2.75, 3.05) is 25.1 Å². The molecule has 0 bridgehead atoms. The minimum absolute atomic E-state index is 0.00708. The topological polar surface area (TPSA) is 138 Å². The quantitative estimate of drug-likeness (QED) is 0.534. The predicted molar refractivity (Wildman–Crippen MR) is 126 cm³/mol. The molecule has 34 heavy (non-hydrogen) atoms. The molecular weight excluding hydrogens is 489 g/mol. The van der Waals surface area contributed by atoms with Gasteiger partial charge in [-0.05, 0) is 42.0 Å². The van der Waals surface area contributed by atoms with Gasteiger partial charge in [-0.15, -0.1) is 0 Å². The number of rotatable bonds is 5. The summed E-state index contributed by atoms with van der Waals surface area (Å²) in [5.41, 5.74) is 12.0. The molecule has 2 aromatic carbocycles. The van der Waals surface area contributed by atoms with Crippen LogP contribution in [0.5, 0.6) is 0 Å². The molecule has 0 fully saturated rings. The van der Waals surface area contributed by atoms with Crippen LogP contribution in [0, 0.1) is 17.1 Å². The summed E-state index contributed by atoms with van der Waals surface area (Å²) < 4.78 is 27.1. The zero-order valence-electron chi connectivity index (χ0n) is 17.5. The van der Waals surface area contributed by atoms with Crippen molar-refractivity contribution in [1.29, 1.82) is 5.26 Å². The van der Waals surface area contributed by atoms with Crippen LogP contribution < -0.4 is 16.8 Å². The number of urea groups is 1. The van der Waals surface area contributed by atoms with Crippen molar-refractivity contribution in [2.45, 2.75) is 6.04 Å². The van der Waals surface area contributed by atoms with Gasteiger partial charge < -0.3 is 21.7 Å². The Morgan fingerprint density at radius 3 is 2.53 bits per heavy atom. The van der Waals surface area contributed by atoms with Crippen LogP contribution in [0.3, 0.4) is 0 Å². The second-order valence-electron chi connectivity index (χ2n) is 7.28. The van der Waals surface area contributed by atoms with E-state index in [2.05, 4.69) is 10.3 Å². The number of nitriles is 1. The summed E-state index contributed by atoms with van der Waals surface area (Å²) in [7, 11) is 0. The number of nitrogens with zero attached hydrogens (tertiary/aromatic N) is 3. The highest BCUT2D eigenvalue weighted by Gasteiger charge is 2.30. The third kappa shape index (κ3) is 5.44. The highest BCUT2D eigenvalue weighted by atomic mass is 35.5. The number of hydrogen-bond acceptors (Lipinski definition) is 5. The summed E-state index contributed by atoms with van der Waals surface area (Å²) in [5.74, 6) is -1.65. The number of nitrogens with two attached hydrogens (primary N) is 2. The number of aliphatic imine (C=N–C) groups is 1. The van der Waals surface area contributed by atoms with Crippen molar-refractivity contribution < 1.29 is 18.4 Å². The van der Waals surface area contributed by atoms with Crippen LogP contribution in [-0.4, -0.2) is 48.4 Å². The number of alkyl halides is 1. The zero-order chi connectivity index (χ0) is 25.0. The fourth-order valence-electron chi connectivity index (χ4n) is 3.31. The molecule has 3 rings (SSSR count). The van der Waals surface area contributed by atoms with E-state index < -0.39 is 30.5 Å². The van der Waals surface area contributed by atoms with Crippen molar-refractivity contribution in [3.63, 3.8) is 0 Å². The molecule has 1 unspecified atom stereocenters. The first-order valence-electron chi connectivity index (χ1n) is 9.78. The monoisotopic (exact) mass is 506 g/mol. The van der Waals surface area contributed by atoms with Gasteiger partial charge in [-0.2, -0.15) is 5.26 Å². The molecule has 0 spiro atoms. The fourth-order valence-corrected chi connectivity index (χ4v) is 3.71. The van der Waals surface area contributed by atoms with Gasteiger partial charge in [0.1, 0.15) is 18.6 Å². The van der Waals surface area contributed by atoms with E-state index in [9.17, 15) is 18.4 Å². The molecule has 1 atom stereocenters. The fraction of sp³-hybridized carbons (Fsp3) is 0.182. The maximum atomic E-state index is 13.6. The Balaban J connectivity index is 1.92. The van der Waals surface area contributed by atoms with Crippen LogP contribution in [0.15, 0.2) is 47.0 Å². The summed E-state index contributed by atoms with van der Waals surface area (Å²) >= 11 is 11.8. The lowest BCUT2D eigenvalue weighted by molar-refractivity contribution is -0.114. The van der Waals surface area contributed by atoms with E-state index in [1.54, 1.807) is 0 Å². The first-order valence-corrected chi connectivity index (χ1v) is 10.5. The van der Waals surface area contributed by atoms with E-state index in [-0.39, 0.29) is 51.2 Å². The van der Waals surface area contributed by atoms with Gasteiger partial charge in [0.2, 0.25) is 0 Å². The van der Waals surface area contributed by atoms with Crippen LogP contribution >= 0.6 is 23.2 Å². The SMILES string of the molecule is N#Cc1ccc(NC(=O)N2CC(C(C(N)=O)=C(N)c3ccc(F)c(Cl)c3)=NC(CF)C2)cc1Cl. The van der Waals surface area contributed by atoms with E-state index in [4.69, 9.17) is 39.9 Å². The van der Waals surface area contributed by atoms with Gasteiger partial charge in [-0.3, -0.25) is 9.79 Å². The molecular formula is C22H18Cl2F2N6O2. The Morgan fingerprint density at radius 1 is 1.21 bits per heavy atom. The minimum Gasteiger partial charge on any atom is -0.398 e. The number of nitrogens with one attached hydrogen (secondary N) is 1. The van der Waals surface area contributed by atoms with Gasteiger partial charge in [-0.25, -0.2) is 13.6 Å². The van der Waals surface area contributed by atoms with Crippen LogP contribution in [0.1, 0.15) is 11.1 Å². The molecule has 0 aromatic heterocycles. The maximum absolute atomic E-state index is 13.6. The second-order valence-corrected chi connectivity index (χ2v) is 8.10. The molecule has 12 heteroatoms. The van der Waals surface area contributed by atoms with Crippen molar-refractivity contribution in [1.82, 2.24) is 4.90 Å². The van der Waals surface area contributed by atoms with Crippen molar-refractivity contribution >= 4 is 52.2 Å². The summed E-state index contributed by atoms with van der Waals surface area (Å²) in [6.07, 6.45) is 0. The Morgan fingerprint density at radius 2 is 1.94 bits per heavy atom. The van der Waals surface area contributed by atoms with Gasteiger partial charge in [-0.1, -0.05) is 23.2 Å². The lowest BCUT2D eigenvalue weighted by Gasteiger charge is -2.31. The molecule has 2 aromatic rings. The molecule has 1 aliphatic rings. The molecule has 0 radical (unpaired) electrons. The normalized spacial score (nSPS) is 16.3. The number of amides is 3. The molecule has 3 amide bonds. The molecule has 176 valence electrons. The van der Waals surface area contributed by atoms with E-state index in [0.29, 0.717) is 5.69 Å². The number of benzene rings is 2. The number of carbonyl (C=O) groups excluding carboxylic acids is 2. The van der Waals surface area contributed by atoms with Crippen molar-refractivity contribution in [3.8, 4) is 6.07 Å². The molecule has 0 saturated carbocycles. The molecule has 1 heterocycles. The lowest BCUT2D eigenvalue weighted by Crippen LogP contribution is -2.48. The molecule has 1 aliphatic heterocycles. The molecule has 0 aliphatic carbocycles. The highest BCUT2D eigenvalue weighted by Crippen LogP contribution is 2.24. The third-order valence-corrected chi connectivity index (χ3v) is 5.55. The van der Waals surface area contributed by atoms with Crippen LogP contribution in [0.25, 0.3) is 5.70 Å². The maximum Gasteiger partial charge on any atom is 0.322 e. The Labute approximate surface area is 203 Å². The molecule has 8 nitrogen and oxygen atoms in total. The van der Waals surface area contributed by atoms with Gasteiger partial charge >= 0.3 is 6.03 Å². The van der Waals surface area contributed by atoms with Crippen LogP contribution in [-0.2, 0) is 4.79 Å². The molecule has 0 saturated heterocycles. The first-order chi connectivity index (χ1) is 16.1. The van der Waals surface area contributed by atoms with E-state index in [0.717, 1.165) is 6.07 Å². The Bertz CT molecular complexity index is 1260. The van der Waals surface area contributed by atoms with Crippen LogP contribution in [0.2, 0.25) is 10.0 Å². The van der Waals surface area contributed by atoms with E-state index >= 15 is 0 Å². The number of primary amides is 1. The Hall–Kier alpha value is -3.68. The van der Waals surface area contributed by atoms with Gasteiger partial charge in [0.15, 0.2) is 0 Å². The summed E-state index contributed by atoms with van der Waals surface area (Å²) in [5, 5.41) is 11.5. The highest BCUT2D eigenvalue weighted by molar-refractivity contribution is 6.32. The van der Waals surface area contributed by atoms with E-state index in [1.807, 2.05) is 6.07 Å². The lowest BCUT2D eigenvalue weighted by atomic mass is 10.00. The Kier molecular flexibility index (Phi) is 7.71. The minimum atomic E-state index is -0.974. The second kappa shape index (κ2) is 10.5. The number of halogens is 4. The predicted octanol–water partition coefficient (Wildman–Crippen LogP) is 3.49. The third-order valence-electron chi connectivity index (χ3n) is 4.95. The van der Waals surface area contributed by atoms with Crippen LogP contribution in [0.4, 0.5) is 19.3 Å². The largest absolute Gasteiger partial charge is 0.398 e. The summed E-state index contributed by atoms with van der Waals surface area (Å²) in [6.45, 7) is -1.20. The van der Waals surface area contributed by atoms with Crippen molar-refractivity contribution in [2.24, 2.45) is 16.5 Å². The summed E-state index contributed by atoms with van der Waals surface area (Å²) in [6, 6.07) is 8.21. The first kappa shape index (κ1) is 25.0. The standard InChI is InChI=1S/C22H18Cl2F2N6O2/c23-15-6-13(3-1-12(15)8-27)31-22(34)32-9-14(7-25)30-18(10-32)19(21(29)33)20(28)11-2-4-17(26)16(24)5-11/h1-6,14H,7,9-10,28H2,(H2,29,33)(H,31,34). The van der Waals surface area contributed by atoms with Gasteiger partial charge in [0, 0.05) is 12.2 Å². The van der Waals surface area contributed by atoms with E-state index in [1.165, 1.54) is 35.2 Å². The number of hydrogen-bond donors (Lipinski definition) is 3. The van der Waals surface area contributed by atoms with Crippen molar-refractivity contribution in [3.05, 3.63) is 69.0 Å². The number of carbonyl (C=O) groups is 2. The van der Waals surface area contributed by atoms with Gasteiger partial charge in [0.05, 0.1) is 45.2 Å². The zero-order valence-corrected chi connectivity index (χ0v) is 19.0. The average Bonchev–Trinajstić information content (AvgIpc) is 2.80. The number of anilines is 1. The average molecular weight is 507 g/mol.